The van der Waals surface area contributed by atoms with Crippen LogP contribution in [-0.4, -0.2) is 84.5 Å². The first-order valence-electron chi connectivity index (χ1n) is 14.6. The van der Waals surface area contributed by atoms with E-state index in [9.17, 15) is 4.79 Å². The van der Waals surface area contributed by atoms with Gasteiger partial charge in [0, 0.05) is 61.1 Å². The molecule has 0 atom stereocenters. The van der Waals surface area contributed by atoms with Crippen LogP contribution in [0.1, 0.15) is 45.8 Å². The topological polar surface area (TPSA) is 83.6 Å². The SMILES string of the molecule is Cc1cc(-c2cc3c(-c4ccc(C(=O)N5CC6(COC6)C5)cc4)c[nH]c3nn2)cc(CN(C)C)c1C1CCOCC1. The molecule has 2 aromatic heterocycles. The predicted molar refractivity (Wildman–Crippen MR) is 159 cm³/mol. The second-order valence-corrected chi connectivity index (χ2v) is 12.4. The number of aryl methyl sites for hydroxylation is 1. The van der Waals surface area contributed by atoms with E-state index in [2.05, 4.69) is 59.3 Å². The largest absolute Gasteiger partial charge is 0.381 e. The van der Waals surface area contributed by atoms with Gasteiger partial charge in [-0.15, -0.1) is 10.2 Å². The normalized spacial score (nSPS) is 18.6. The highest BCUT2D eigenvalue weighted by atomic mass is 16.5. The third kappa shape index (κ3) is 4.84. The maximum atomic E-state index is 13.0. The first-order chi connectivity index (χ1) is 19.9. The molecule has 0 unspecified atom stereocenters. The number of carbonyl (C=O) groups excluding carboxylic acids is 1. The second kappa shape index (κ2) is 10.4. The third-order valence-corrected chi connectivity index (χ3v) is 8.92. The van der Waals surface area contributed by atoms with Gasteiger partial charge in [0.25, 0.3) is 5.91 Å². The highest BCUT2D eigenvalue weighted by molar-refractivity contribution is 5.98. The zero-order valence-corrected chi connectivity index (χ0v) is 24.1. The van der Waals surface area contributed by atoms with E-state index >= 15 is 0 Å². The fraction of sp³-hybridized carbons (Fsp3) is 0.424. The molecule has 3 aliphatic heterocycles. The number of carbonyl (C=O) groups is 1. The molecule has 8 heteroatoms. The van der Waals surface area contributed by atoms with Crippen LogP contribution in [-0.2, 0) is 16.0 Å². The molecular weight excluding hydrogens is 514 g/mol. The summed E-state index contributed by atoms with van der Waals surface area (Å²) in [4.78, 5) is 20.4. The van der Waals surface area contributed by atoms with Gasteiger partial charge in [0.1, 0.15) is 0 Å². The molecule has 4 aromatic rings. The Balaban J connectivity index is 1.18. The van der Waals surface area contributed by atoms with Crippen molar-refractivity contribution in [1.82, 2.24) is 25.0 Å². The summed E-state index contributed by atoms with van der Waals surface area (Å²) < 4.78 is 11.0. The van der Waals surface area contributed by atoms with Crippen LogP contribution in [0.25, 0.3) is 33.4 Å². The number of rotatable bonds is 6. The minimum Gasteiger partial charge on any atom is -0.381 e. The molecule has 41 heavy (non-hydrogen) atoms. The fourth-order valence-corrected chi connectivity index (χ4v) is 6.82. The van der Waals surface area contributed by atoms with Gasteiger partial charge >= 0.3 is 0 Å². The van der Waals surface area contributed by atoms with Crippen LogP contribution in [0.5, 0.6) is 0 Å². The van der Waals surface area contributed by atoms with E-state index < -0.39 is 0 Å². The van der Waals surface area contributed by atoms with Crippen LogP contribution >= 0.6 is 0 Å². The molecule has 5 heterocycles. The van der Waals surface area contributed by atoms with Crippen molar-refractivity contribution in [3.8, 4) is 22.4 Å². The van der Waals surface area contributed by atoms with Crippen molar-refractivity contribution in [3.63, 3.8) is 0 Å². The van der Waals surface area contributed by atoms with Gasteiger partial charge in [-0.3, -0.25) is 4.79 Å². The van der Waals surface area contributed by atoms with Crippen molar-refractivity contribution in [2.75, 3.05) is 53.6 Å². The molecule has 0 saturated carbocycles. The molecule has 1 N–H and O–H groups in total. The summed E-state index contributed by atoms with van der Waals surface area (Å²) in [5.41, 5.74) is 9.85. The van der Waals surface area contributed by atoms with Gasteiger partial charge in [-0.05, 0) is 92.4 Å². The van der Waals surface area contributed by atoms with Gasteiger partial charge < -0.3 is 24.3 Å². The maximum Gasteiger partial charge on any atom is 0.253 e. The summed E-state index contributed by atoms with van der Waals surface area (Å²) in [6.07, 6.45) is 4.11. The molecule has 2 aromatic carbocycles. The summed E-state index contributed by atoms with van der Waals surface area (Å²) in [7, 11) is 4.24. The molecule has 0 aliphatic carbocycles. The Hall–Kier alpha value is -3.59. The molecule has 0 radical (unpaired) electrons. The molecule has 212 valence electrons. The van der Waals surface area contributed by atoms with Crippen molar-refractivity contribution in [1.29, 1.82) is 0 Å². The Morgan fingerprint density at radius 2 is 1.78 bits per heavy atom. The number of nitrogens with one attached hydrogen (secondary N) is 1. The van der Waals surface area contributed by atoms with Crippen LogP contribution in [0, 0.1) is 12.3 Å². The smallest absolute Gasteiger partial charge is 0.253 e. The molecule has 1 spiro atoms. The lowest BCUT2D eigenvalue weighted by molar-refractivity contribution is -0.176. The van der Waals surface area contributed by atoms with Crippen LogP contribution in [0.4, 0.5) is 0 Å². The summed E-state index contributed by atoms with van der Waals surface area (Å²) in [5, 5.41) is 10.2. The second-order valence-electron chi connectivity index (χ2n) is 12.4. The number of hydrogen-bond donors (Lipinski definition) is 1. The van der Waals surface area contributed by atoms with E-state index in [1.807, 2.05) is 35.4 Å². The lowest BCUT2D eigenvalue weighted by Crippen LogP contribution is -2.67. The number of aromatic nitrogens is 3. The van der Waals surface area contributed by atoms with Crippen molar-refractivity contribution < 1.29 is 14.3 Å². The molecule has 8 nitrogen and oxygen atoms in total. The summed E-state index contributed by atoms with van der Waals surface area (Å²) in [5.74, 6) is 0.621. The monoisotopic (exact) mass is 551 g/mol. The number of amides is 1. The maximum absolute atomic E-state index is 13.0. The van der Waals surface area contributed by atoms with Crippen LogP contribution in [0.15, 0.2) is 48.7 Å². The molecule has 3 fully saturated rings. The van der Waals surface area contributed by atoms with Gasteiger partial charge in [-0.2, -0.15) is 0 Å². The zero-order chi connectivity index (χ0) is 28.1. The van der Waals surface area contributed by atoms with E-state index in [1.165, 1.54) is 16.7 Å². The van der Waals surface area contributed by atoms with Gasteiger partial charge in [0.05, 0.1) is 24.3 Å². The van der Waals surface area contributed by atoms with Gasteiger partial charge in [0.15, 0.2) is 5.65 Å². The fourth-order valence-electron chi connectivity index (χ4n) is 6.82. The number of H-pyrrole nitrogens is 1. The minimum atomic E-state index is 0.0919. The number of likely N-dealkylation sites (tertiary alicyclic amines) is 1. The Morgan fingerprint density at radius 3 is 2.46 bits per heavy atom. The van der Waals surface area contributed by atoms with E-state index in [-0.39, 0.29) is 11.3 Å². The lowest BCUT2D eigenvalue weighted by Gasteiger charge is -2.54. The number of fused-ring (bicyclic) bond motifs is 1. The first-order valence-corrected chi connectivity index (χ1v) is 14.6. The Bertz CT molecular complexity index is 1590. The molecular formula is C33H37N5O3. The van der Waals surface area contributed by atoms with Gasteiger partial charge in [-0.25, -0.2) is 0 Å². The molecule has 7 rings (SSSR count). The molecule has 1 amide bonds. The van der Waals surface area contributed by atoms with Gasteiger partial charge in [0.2, 0.25) is 0 Å². The Kier molecular flexibility index (Phi) is 6.64. The van der Waals surface area contributed by atoms with Crippen LogP contribution in [0.2, 0.25) is 0 Å². The van der Waals surface area contributed by atoms with Crippen LogP contribution < -0.4 is 0 Å². The summed E-state index contributed by atoms with van der Waals surface area (Å²) >= 11 is 0. The highest BCUT2D eigenvalue weighted by Crippen LogP contribution is 2.39. The predicted octanol–water partition coefficient (Wildman–Crippen LogP) is 5.03. The van der Waals surface area contributed by atoms with E-state index in [4.69, 9.17) is 9.47 Å². The number of hydrogen-bond acceptors (Lipinski definition) is 6. The lowest BCUT2D eigenvalue weighted by atomic mass is 9.78. The van der Waals surface area contributed by atoms with Crippen molar-refractivity contribution >= 4 is 16.9 Å². The minimum absolute atomic E-state index is 0.0919. The van der Waals surface area contributed by atoms with E-state index in [0.717, 1.165) is 97.9 Å². The quantitative estimate of drug-likeness (QED) is 0.362. The Morgan fingerprint density at radius 1 is 1.02 bits per heavy atom. The Labute approximate surface area is 240 Å². The molecule has 3 saturated heterocycles. The van der Waals surface area contributed by atoms with Crippen molar-refractivity contribution in [2.45, 2.75) is 32.2 Å². The van der Waals surface area contributed by atoms with E-state index in [1.54, 1.807) is 0 Å². The number of benzene rings is 2. The summed E-state index contributed by atoms with van der Waals surface area (Å²) in [6.45, 7) is 7.90. The standard InChI is InChI=1S/C33H37N5O3/c1-21-12-25(13-26(16-37(2)3)30(21)23-8-10-40-11-9-23)29-14-27-28(15-34-31(27)36-35-29)22-4-6-24(7-5-22)32(39)38-17-33(18-38)19-41-20-33/h4-7,12-15,23H,8-11,16-20H2,1-3H3,(H,34,36). The number of nitrogens with zero attached hydrogens (tertiary/aromatic N) is 4. The van der Waals surface area contributed by atoms with E-state index in [0.29, 0.717) is 5.92 Å². The molecule has 3 aliphatic rings. The first kappa shape index (κ1) is 26.3. The third-order valence-electron chi connectivity index (χ3n) is 8.92. The molecule has 0 bridgehead atoms. The number of ether oxygens (including phenoxy) is 2. The average Bonchev–Trinajstić information content (AvgIpc) is 3.35. The zero-order valence-electron chi connectivity index (χ0n) is 24.1. The van der Waals surface area contributed by atoms with Crippen molar-refractivity contribution in [2.24, 2.45) is 5.41 Å². The van der Waals surface area contributed by atoms with Gasteiger partial charge in [-0.1, -0.05) is 12.1 Å². The summed E-state index contributed by atoms with van der Waals surface area (Å²) in [6, 6.07) is 14.6. The highest BCUT2D eigenvalue weighted by Gasteiger charge is 2.50. The van der Waals surface area contributed by atoms with Crippen LogP contribution in [0.3, 0.4) is 0 Å². The van der Waals surface area contributed by atoms with Crippen molar-refractivity contribution in [3.05, 3.63) is 70.9 Å². The number of aromatic amines is 1. The average molecular weight is 552 g/mol.